The quantitative estimate of drug-likeness (QED) is 0.885. The molecule has 90 valence electrons. The largest absolute Gasteiger partial charge is 0.375 e. The second kappa shape index (κ2) is 5.91. The van der Waals surface area contributed by atoms with Gasteiger partial charge in [-0.15, -0.1) is 11.3 Å². The van der Waals surface area contributed by atoms with Crippen LogP contribution in [0.4, 0.5) is 0 Å². The molecule has 0 aliphatic rings. The molecule has 0 bridgehead atoms. The summed E-state index contributed by atoms with van der Waals surface area (Å²) < 4.78 is 5.38. The maximum absolute atomic E-state index is 5.76. The van der Waals surface area contributed by atoms with Crippen LogP contribution in [0.15, 0.2) is 30.3 Å². The molecule has 0 radical (unpaired) electrons. The molecule has 0 amide bonds. The van der Waals surface area contributed by atoms with Gasteiger partial charge in [-0.25, -0.2) is 4.98 Å². The zero-order valence-corrected chi connectivity index (χ0v) is 10.7. The van der Waals surface area contributed by atoms with Crippen LogP contribution in [-0.4, -0.2) is 11.6 Å². The van der Waals surface area contributed by atoms with Gasteiger partial charge < -0.3 is 10.5 Å². The van der Waals surface area contributed by atoms with Crippen molar-refractivity contribution >= 4 is 11.3 Å². The smallest absolute Gasteiger partial charge is 0.119 e. The van der Waals surface area contributed by atoms with Crippen molar-refractivity contribution in [3.8, 4) is 11.3 Å². The zero-order chi connectivity index (χ0) is 12.1. The average Bonchev–Trinajstić information content (AvgIpc) is 2.80. The van der Waals surface area contributed by atoms with Gasteiger partial charge in [-0.3, -0.25) is 0 Å². The molecular formula is C13H16N2OS. The minimum atomic E-state index is 0.522. The number of nitrogens with zero attached hydrogens (tertiary/aromatic N) is 1. The number of nitrogens with two attached hydrogens (primary N) is 1. The third-order valence-electron chi connectivity index (χ3n) is 2.40. The fraction of sp³-hybridized carbons (Fsp3) is 0.308. The van der Waals surface area contributed by atoms with Crippen LogP contribution in [0.1, 0.15) is 16.8 Å². The first-order chi connectivity index (χ1) is 8.35. The molecule has 2 rings (SSSR count). The van der Waals surface area contributed by atoms with E-state index in [4.69, 9.17) is 10.5 Å². The van der Waals surface area contributed by atoms with Crippen molar-refractivity contribution in [3.63, 3.8) is 0 Å². The van der Waals surface area contributed by atoms with Crippen molar-refractivity contribution in [2.45, 2.75) is 20.1 Å². The number of hydrogen-bond acceptors (Lipinski definition) is 4. The highest BCUT2D eigenvalue weighted by atomic mass is 32.1. The van der Waals surface area contributed by atoms with Crippen LogP contribution in [0.5, 0.6) is 0 Å². The summed E-state index contributed by atoms with van der Waals surface area (Å²) in [4.78, 5) is 5.72. The van der Waals surface area contributed by atoms with Crippen LogP contribution in [0, 0.1) is 0 Å². The summed E-state index contributed by atoms with van der Waals surface area (Å²) in [6.07, 6.45) is 0. The molecule has 2 N–H and O–H groups in total. The van der Waals surface area contributed by atoms with E-state index >= 15 is 0 Å². The maximum Gasteiger partial charge on any atom is 0.119 e. The van der Waals surface area contributed by atoms with E-state index in [9.17, 15) is 0 Å². The first-order valence-corrected chi connectivity index (χ1v) is 6.48. The molecule has 4 heteroatoms. The molecule has 1 aromatic heterocycles. The molecule has 0 saturated carbocycles. The van der Waals surface area contributed by atoms with Gasteiger partial charge >= 0.3 is 0 Å². The molecule has 17 heavy (non-hydrogen) atoms. The van der Waals surface area contributed by atoms with Crippen molar-refractivity contribution in [1.29, 1.82) is 0 Å². The van der Waals surface area contributed by atoms with Crippen molar-refractivity contribution in [3.05, 3.63) is 40.2 Å². The number of hydrogen-bond donors (Lipinski definition) is 1. The van der Waals surface area contributed by atoms with E-state index in [-0.39, 0.29) is 0 Å². The number of benzene rings is 1. The Labute approximate surface area is 105 Å². The summed E-state index contributed by atoms with van der Waals surface area (Å²) in [7, 11) is 0. The van der Waals surface area contributed by atoms with Crippen molar-refractivity contribution in [2.75, 3.05) is 6.61 Å². The average molecular weight is 248 g/mol. The molecule has 3 nitrogen and oxygen atoms in total. The van der Waals surface area contributed by atoms with E-state index in [2.05, 4.69) is 17.1 Å². The number of ether oxygens (including phenoxy) is 1. The summed E-state index contributed by atoms with van der Waals surface area (Å²) in [6, 6.07) is 10.1. The molecule has 2 aromatic rings. The fourth-order valence-electron chi connectivity index (χ4n) is 1.61. The second-order valence-corrected chi connectivity index (χ2v) is 4.75. The normalized spacial score (nSPS) is 10.7. The van der Waals surface area contributed by atoms with Crippen LogP contribution in [0.2, 0.25) is 0 Å². The Morgan fingerprint density at radius 2 is 2.06 bits per heavy atom. The number of rotatable bonds is 5. The molecular weight excluding hydrogens is 232 g/mol. The summed E-state index contributed by atoms with van der Waals surface area (Å²) in [5.74, 6) is 0. The van der Waals surface area contributed by atoms with Crippen LogP contribution in [0.25, 0.3) is 11.3 Å². The van der Waals surface area contributed by atoms with E-state index in [1.54, 1.807) is 11.3 Å². The molecule has 0 aliphatic heterocycles. The lowest BCUT2D eigenvalue weighted by Crippen LogP contribution is -1.95. The predicted molar refractivity (Wildman–Crippen MR) is 70.8 cm³/mol. The minimum Gasteiger partial charge on any atom is -0.375 e. The molecule has 0 atom stereocenters. The van der Waals surface area contributed by atoms with Crippen molar-refractivity contribution in [1.82, 2.24) is 4.98 Å². The topological polar surface area (TPSA) is 48.1 Å². The van der Waals surface area contributed by atoms with Gasteiger partial charge in [0, 0.05) is 23.6 Å². The third-order valence-corrected chi connectivity index (χ3v) is 3.46. The van der Waals surface area contributed by atoms with Gasteiger partial charge in [-0.1, -0.05) is 30.3 Å². The molecule has 1 heterocycles. The molecule has 0 fully saturated rings. The van der Waals surface area contributed by atoms with Gasteiger partial charge in [0.15, 0.2) is 0 Å². The number of thiazole rings is 1. The summed E-state index contributed by atoms with van der Waals surface area (Å²) >= 11 is 1.63. The van der Waals surface area contributed by atoms with Crippen LogP contribution in [-0.2, 0) is 17.9 Å². The lowest BCUT2D eigenvalue weighted by Gasteiger charge is -1.98. The van der Waals surface area contributed by atoms with E-state index in [0.29, 0.717) is 19.8 Å². The Hall–Kier alpha value is -1.23. The van der Waals surface area contributed by atoms with Gasteiger partial charge in [0.25, 0.3) is 0 Å². The van der Waals surface area contributed by atoms with Gasteiger partial charge in [0.05, 0.1) is 12.3 Å². The summed E-state index contributed by atoms with van der Waals surface area (Å²) in [6.45, 7) is 3.78. The fourth-order valence-corrected chi connectivity index (χ4v) is 2.52. The maximum atomic E-state index is 5.76. The zero-order valence-electron chi connectivity index (χ0n) is 9.85. The standard InChI is InChI=1S/C13H16N2OS/c1-2-16-9-12-15-13(11(8-14)17-12)10-6-4-3-5-7-10/h3-7H,2,8-9,14H2,1H3. The molecule has 1 aromatic carbocycles. The second-order valence-electron chi connectivity index (χ2n) is 3.59. The highest BCUT2D eigenvalue weighted by Gasteiger charge is 2.11. The van der Waals surface area contributed by atoms with E-state index in [1.807, 2.05) is 25.1 Å². The first-order valence-electron chi connectivity index (χ1n) is 5.67. The molecule has 0 unspecified atom stereocenters. The summed E-state index contributed by atoms with van der Waals surface area (Å²) in [5.41, 5.74) is 7.87. The monoisotopic (exact) mass is 248 g/mol. The van der Waals surface area contributed by atoms with Crippen LogP contribution < -0.4 is 5.73 Å². The lowest BCUT2D eigenvalue weighted by atomic mass is 10.1. The van der Waals surface area contributed by atoms with Gasteiger partial charge in [-0.2, -0.15) is 0 Å². The Morgan fingerprint density at radius 1 is 1.29 bits per heavy atom. The highest BCUT2D eigenvalue weighted by Crippen LogP contribution is 2.28. The van der Waals surface area contributed by atoms with Crippen LogP contribution in [0.3, 0.4) is 0 Å². The van der Waals surface area contributed by atoms with Gasteiger partial charge in [0.1, 0.15) is 5.01 Å². The predicted octanol–water partition coefficient (Wildman–Crippen LogP) is 2.81. The van der Waals surface area contributed by atoms with Crippen molar-refractivity contribution in [2.24, 2.45) is 5.73 Å². The van der Waals surface area contributed by atoms with Gasteiger partial charge in [0.2, 0.25) is 0 Å². The Morgan fingerprint density at radius 3 is 2.71 bits per heavy atom. The summed E-state index contributed by atoms with van der Waals surface area (Å²) in [5, 5.41) is 0.992. The molecule has 0 saturated heterocycles. The Bertz CT molecular complexity index is 468. The van der Waals surface area contributed by atoms with Crippen molar-refractivity contribution < 1.29 is 4.74 Å². The van der Waals surface area contributed by atoms with E-state index < -0.39 is 0 Å². The SMILES string of the molecule is CCOCc1nc(-c2ccccc2)c(CN)s1. The lowest BCUT2D eigenvalue weighted by molar-refractivity contribution is 0.134. The molecule has 0 aliphatic carbocycles. The van der Waals surface area contributed by atoms with E-state index in [1.165, 1.54) is 0 Å². The van der Waals surface area contributed by atoms with E-state index in [0.717, 1.165) is 21.1 Å². The Balaban J connectivity index is 2.30. The first kappa shape index (κ1) is 12.2. The number of aromatic nitrogens is 1. The van der Waals surface area contributed by atoms with Crippen LogP contribution >= 0.6 is 11.3 Å². The Kier molecular flexibility index (Phi) is 4.25. The molecule has 0 spiro atoms. The third kappa shape index (κ3) is 2.91. The minimum absolute atomic E-state index is 0.522. The van der Waals surface area contributed by atoms with Gasteiger partial charge in [-0.05, 0) is 6.92 Å². The highest BCUT2D eigenvalue weighted by molar-refractivity contribution is 7.12.